The van der Waals surface area contributed by atoms with Gasteiger partial charge < -0.3 is 35.5 Å². The molecule has 1 amide bonds. The highest BCUT2D eigenvalue weighted by Gasteiger charge is 2.27. The fourth-order valence-electron chi connectivity index (χ4n) is 6.43. The maximum absolute atomic E-state index is 13.2. The Morgan fingerprint density at radius 1 is 0.613 bits per heavy atom. The van der Waals surface area contributed by atoms with Crippen molar-refractivity contribution >= 4 is 23.8 Å². The van der Waals surface area contributed by atoms with E-state index in [9.17, 15) is 33.9 Å². The van der Waals surface area contributed by atoms with Gasteiger partial charge in [-0.1, -0.05) is 137 Å². The second kappa shape index (κ2) is 24.6. The summed E-state index contributed by atoms with van der Waals surface area (Å²) < 4.78 is 2.68. The Bertz CT molecular complexity index is 2180. The first kappa shape index (κ1) is 54.2. The standard InChI is InChI=1S/C24H32N2O4.C13H19NO2.C11H15NO3.CH4/c1-16(2)13-20(26-12-7-6-11-21(26)27)23(30)25-19(15-22(28)29)17-9-8-10-18(14-17)24(3,4)5;1-13(2,3)10-6-4-5-9(7-10)11(14)8-12(15)16;1-8(2)7-9(11(14)15)12-6-4-3-5-10(12)13;/h6-12,14,16,19-20H,13,15H2,1-5H3,(H,25,30)(H,28,29);4-7,11H,8,14H2,1-3H3,(H,15,16);3-6,8-9H,7H2,1-2H3,(H,14,15);1H4/t19?,20-;;9-;/m0.0./s1. The molecule has 4 atom stereocenters. The molecule has 4 aromatic rings. The number of pyridine rings is 2. The first-order valence-electron chi connectivity index (χ1n) is 20.6. The van der Waals surface area contributed by atoms with Crippen LogP contribution in [0.5, 0.6) is 0 Å². The normalized spacial score (nSPS) is 13.2. The number of aromatic nitrogens is 2. The van der Waals surface area contributed by atoms with Crippen LogP contribution in [0.2, 0.25) is 0 Å². The van der Waals surface area contributed by atoms with Crippen LogP contribution in [0, 0.1) is 11.8 Å². The van der Waals surface area contributed by atoms with Crippen LogP contribution in [0.25, 0.3) is 0 Å². The number of carbonyl (C=O) groups excluding carboxylic acids is 1. The summed E-state index contributed by atoms with van der Waals surface area (Å²) in [5, 5.41) is 30.1. The highest BCUT2D eigenvalue weighted by molar-refractivity contribution is 5.81. The average molecular weight is 859 g/mol. The zero-order valence-electron chi connectivity index (χ0n) is 37.3. The third-order valence-corrected chi connectivity index (χ3v) is 9.78. The van der Waals surface area contributed by atoms with E-state index in [4.69, 9.17) is 15.9 Å². The number of hydrogen-bond donors (Lipinski definition) is 5. The quantitative estimate of drug-likeness (QED) is 0.0768. The lowest BCUT2D eigenvalue weighted by molar-refractivity contribution is -0.142. The van der Waals surface area contributed by atoms with Crippen LogP contribution in [-0.4, -0.2) is 48.3 Å². The first-order chi connectivity index (χ1) is 28.3. The SMILES string of the molecule is C.CC(C)(C)c1cccc(C(N)CC(=O)O)c1.CC(C)C[C@@H](C(=O)NC(CC(=O)O)c1cccc(C(C)(C)C)c1)n1ccccc1=O.CC(C)C[C@@H](C(=O)O)n1ccccc1=O. The number of aliphatic carboxylic acids is 3. The van der Waals surface area contributed by atoms with Crippen molar-refractivity contribution in [3.63, 3.8) is 0 Å². The lowest BCUT2D eigenvalue weighted by atomic mass is 9.85. The van der Waals surface area contributed by atoms with Gasteiger partial charge in [-0.3, -0.25) is 24.0 Å². The van der Waals surface area contributed by atoms with Gasteiger partial charge >= 0.3 is 17.9 Å². The van der Waals surface area contributed by atoms with Crippen molar-refractivity contribution < 1.29 is 34.5 Å². The summed E-state index contributed by atoms with van der Waals surface area (Å²) in [5.41, 5.74) is 9.09. The molecule has 0 aliphatic heterocycles. The molecule has 0 radical (unpaired) electrons. The van der Waals surface area contributed by atoms with Crippen molar-refractivity contribution in [3.8, 4) is 0 Å². The number of hydrogen-bond acceptors (Lipinski definition) is 7. The zero-order chi connectivity index (χ0) is 46.2. The molecule has 2 aromatic heterocycles. The Hall–Kier alpha value is -5.82. The number of carboxylic acids is 3. The van der Waals surface area contributed by atoms with Crippen LogP contribution >= 0.6 is 0 Å². The second-order valence-electron chi connectivity index (χ2n) is 18.1. The fraction of sp³-hybridized carbons (Fsp3) is 0.469. The first-order valence-corrected chi connectivity index (χ1v) is 20.6. The molecule has 0 spiro atoms. The van der Waals surface area contributed by atoms with Crippen LogP contribution in [0.1, 0.15) is 149 Å². The Morgan fingerprint density at radius 2 is 1.03 bits per heavy atom. The van der Waals surface area contributed by atoms with E-state index in [-0.39, 0.29) is 60.0 Å². The maximum atomic E-state index is 13.2. The summed E-state index contributed by atoms with van der Waals surface area (Å²) >= 11 is 0. The molecule has 62 heavy (non-hydrogen) atoms. The number of benzene rings is 2. The largest absolute Gasteiger partial charge is 0.481 e. The van der Waals surface area contributed by atoms with E-state index in [1.165, 1.54) is 33.0 Å². The molecule has 2 unspecified atom stereocenters. The van der Waals surface area contributed by atoms with Crippen LogP contribution in [0.15, 0.2) is 107 Å². The number of nitrogens with two attached hydrogens (primary N) is 1. The Kier molecular flexibility index (Phi) is 21.5. The summed E-state index contributed by atoms with van der Waals surface area (Å²) in [5.74, 6) is -2.78. The third kappa shape index (κ3) is 18.0. The predicted molar refractivity (Wildman–Crippen MR) is 245 cm³/mol. The second-order valence-corrected chi connectivity index (χ2v) is 18.1. The van der Waals surface area contributed by atoms with Crippen molar-refractivity contribution in [1.29, 1.82) is 0 Å². The van der Waals surface area contributed by atoms with Gasteiger partial charge in [0.05, 0.1) is 18.9 Å². The number of rotatable bonds is 15. The van der Waals surface area contributed by atoms with E-state index in [0.29, 0.717) is 12.8 Å². The van der Waals surface area contributed by atoms with Crippen molar-refractivity contribution in [3.05, 3.63) is 140 Å². The van der Waals surface area contributed by atoms with E-state index >= 15 is 0 Å². The molecule has 6 N–H and O–H groups in total. The van der Waals surface area contributed by atoms with Gasteiger partial charge in [-0.25, -0.2) is 4.79 Å². The molecule has 340 valence electrons. The molecule has 0 saturated heterocycles. The third-order valence-electron chi connectivity index (χ3n) is 9.78. The van der Waals surface area contributed by atoms with Crippen LogP contribution in [-0.2, 0) is 30.0 Å². The lowest BCUT2D eigenvalue weighted by Crippen LogP contribution is -2.40. The van der Waals surface area contributed by atoms with E-state index in [0.717, 1.165) is 16.7 Å². The molecule has 2 aromatic carbocycles. The molecular weight excluding hydrogens is 789 g/mol. The number of carboxylic acid groups (broad SMARTS) is 3. The van der Waals surface area contributed by atoms with E-state index < -0.39 is 42.1 Å². The van der Waals surface area contributed by atoms with Crippen LogP contribution in [0.3, 0.4) is 0 Å². The molecule has 0 aliphatic carbocycles. The van der Waals surface area contributed by atoms with Crippen molar-refractivity contribution in [2.75, 3.05) is 0 Å². The van der Waals surface area contributed by atoms with Gasteiger partial charge in [0, 0.05) is 30.6 Å². The molecule has 0 fully saturated rings. The fourth-order valence-corrected chi connectivity index (χ4v) is 6.43. The molecule has 4 rings (SSSR count). The Labute approximate surface area is 367 Å². The summed E-state index contributed by atoms with van der Waals surface area (Å²) in [6.45, 7) is 20.4. The smallest absolute Gasteiger partial charge is 0.326 e. The summed E-state index contributed by atoms with van der Waals surface area (Å²) in [6.07, 6.45) is 3.77. The number of amides is 1. The zero-order valence-corrected chi connectivity index (χ0v) is 37.3. The van der Waals surface area contributed by atoms with Gasteiger partial charge in [-0.15, -0.1) is 0 Å². The number of nitrogens with one attached hydrogen (secondary N) is 1. The number of nitrogens with zero attached hydrogens (tertiary/aromatic N) is 2. The summed E-state index contributed by atoms with van der Waals surface area (Å²) in [6, 6.07) is 22.3. The highest BCUT2D eigenvalue weighted by Crippen LogP contribution is 2.28. The minimum absolute atomic E-state index is 0. The van der Waals surface area contributed by atoms with Crippen molar-refractivity contribution in [2.45, 2.75) is 137 Å². The van der Waals surface area contributed by atoms with Crippen LogP contribution < -0.4 is 22.2 Å². The van der Waals surface area contributed by atoms with Gasteiger partial charge in [-0.2, -0.15) is 0 Å². The minimum atomic E-state index is -1.00. The molecule has 13 heteroatoms. The van der Waals surface area contributed by atoms with Gasteiger partial charge in [0.2, 0.25) is 5.91 Å². The predicted octanol–water partition coefficient (Wildman–Crippen LogP) is 8.68. The molecule has 13 nitrogen and oxygen atoms in total. The average Bonchev–Trinajstić information content (AvgIpc) is 3.15. The number of carbonyl (C=O) groups is 4. The molecule has 2 heterocycles. The Balaban J connectivity index is 0.000000507. The van der Waals surface area contributed by atoms with Crippen molar-refractivity contribution in [1.82, 2.24) is 14.5 Å². The van der Waals surface area contributed by atoms with Gasteiger partial charge in [0.25, 0.3) is 11.1 Å². The molecular formula is C49H70N4O9. The molecule has 0 aliphatic rings. The topological polar surface area (TPSA) is 211 Å². The highest BCUT2D eigenvalue weighted by atomic mass is 16.4. The van der Waals surface area contributed by atoms with E-state index in [1.54, 1.807) is 30.5 Å². The molecule has 0 bridgehead atoms. The van der Waals surface area contributed by atoms with Crippen LogP contribution in [0.4, 0.5) is 0 Å². The van der Waals surface area contributed by atoms with E-state index in [2.05, 4.69) is 46.9 Å². The van der Waals surface area contributed by atoms with Crippen molar-refractivity contribution in [2.24, 2.45) is 17.6 Å². The van der Waals surface area contributed by atoms with E-state index in [1.807, 2.05) is 76.2 Å². The lowest BCUT2D eigenvalue weighted by Gasteiger charge is -2.26. The minimum Gasteiger partial charge on any atom is -0.481 e. The summed E-state index contributed by atoms with van der Waals surface area (Å²) in [4.78, 5) is 70.1. The van der Waals surface area contributed by atoms with Gasteiger partial charge in [0.15, 0.2) is 0 Å². The maximum Gasteiger partial charge on any atom is 0.326 e. The van der Waals surface area contributed by atoms with Gasteiger partial charge in [0.1, 0.15) is 12.1 Å². The van der Waals surface area contributed by atoms with Gasteiger partial charge in [-0.05, 0) is 69.9 Å². The monoisotopic (exact) mass is 859 g/mol. The molecule has 0 saturated carbocycles. The summed E-state index contributed by atoms with van der Waals surface area (Å²) in [7, 11) is 0. The Morgan fingerprint density at radius 3 is 1.44 bits per heavy atom.